The molecule has 1 aliphatic rings. The first-order valence-electron chi connectivity index (χ1n) is 6.14. The highest BCUT2D eigenvalue weighted by Gasteiger charge is 2.49. The van der Waals surface area contributed by atoms with Crippen molar-refractivity contribution in [2.75, 3.05) is 6.61 Å². The van der Waals surface area contributed by atoms with Gasteiger partial charge in [-0.2, -0.15) is 0 Å². The van der Waals surface area contributed by atoms with Crippen molar-refractivity contribution in [1.29, 1.82) is 0 Å². The van der Waals surface area contributed by atoms with Crippen LogP contribution in [0.25, 0.3) is 0 Å². The first-order valence-corrected chi connectivity index (χ1v) is 6.14. The summed E-state index contributed by atoms with van der Waals surface area (Å²) in [6.07, 6.45) is 7.51. The van der Waals surface area contributed by atoms with Gasteiger partial charge in [0.05, 0.1) is 12.2 Å². The van der Waals surface area contributed by atoms with E-state index >= 15 is 0 Å². The van der Waals surface area contributed by atoms with Gasteiger partial charge in [0.25, 0.3) is 0 Å². The van der Waals surface area contributed by atoms with Crippen molar-refractivity contribution in [3.63, 3.8) is 0 Å². The van der Waals surface area contributed by atoms with Crippen LogP contribution in [0.3, 0.4) is 0 Å². The quantitative estimate of drug-likeness (QED) is 0.309. The monoisotopic (exact) mass is 238 g/mol. The number of carbonyl (C=O) groups is 1. The van der Waals surface area contributed by atoms with Crippen LogP contribution >= 0.6 is 0 Å². The van der Waals surface area contributed by atoms with E-state index in [0.717, 1.165) is 12.8 Å². The molecule has 1 saturated heterocycles. The van der Waals surface area contributed by atoms with Crippen molar-refractivity contribution in [3.05, 3.63) is 23.8 Å². The minimum Gasteiger partial charge on any atom is -0.463 e. The van der Waals surface area contributed by atoms with Gasteiger partial charge in [-0.3, -0.25) is 0 Å². The average molecular weight is 238 g/mol. The zero-order valence-electron chi connectivity index (χ0n) is 11.2. The Kier molecular flexibility index (Phi) is 4.94. The average Bonchev–Trinajstić information content (AvgIpc) is 2.87. The highest BCUT2D eigenvalue weighted by atomic mass is 16.6. The van der Waals surface area contributed by atoms with Gasteiger partial charge in [0.1, 0.15) is 6.10 Å². The van der Waals surface area contributed by atoms with E-state index < -0.39 is 0 Å². The highest BCUT2D eigenvalue weighted by Crippen LogP contribution is 2.41. The molecule has 0 spiro atoms. The highest BCUT2D eigenvalue weighted by molar-refractivity contribution is 5.82. The van der Waals surface area contributed by atoms with Gasteiger partial charge in [0.15, 0.2) is 0 Å². The topological polar surface area (TPSA) is 38.8 Å². The largest absolute Gasteiger partial charge is 0.463 e. The first kappa shape index (κ1) is 14.0. The predicted octanol–water partition coefficient (Wildman–Crippen LogP) is 3.01. The summed E-state index contributed by atoms with van der Waals surface area (Å²) in [5.74, 6) is -0.297. The van der Waals surface area contributed by atoms with Crippen molar-refractivity contribution in [2.24, 2.45) is 0 Å². The molecule has 0 saturated carbocycles. The van der Waals surface area contributed by atoms with Crippen molar-refractivity contribution >= 4 is 5.97 Å². The summed E-state index contributed by atoms with van der Waals surface area (Å²) in [5, 5.41) is 0. The fourth-order valence-corrected chi connectivity index (χ4v) is 1.70. The molecule has 2 atom stereocenters. The summed E-state index contributed by atoms with van der Waals surface area (Å²) in [7, 11) is 0. The smallest absolute Gasteiger partial charge is 0.330 e. The molecular formula is C14H22O3. The zero-order valence-corrected chi connectivity index (χ0v) is 11.2. The lowest BCUT2D eigenvalue weighted by atomic mass is 10.0. The van der Waals surface area contributed by atoms with Gasteiger partial charge >= 0.3 is 5.97 Å². The molecule has 0 N–H and O–H groups in total. The molecule has 96 valence electrons. The van der Waals surface area contributed by atoms with Crippen molar-refractivity contribution in [2.45, 2.75) is 52.2 Å². The van der Waals surface area contributed by atoms with Crippen LogP contribution in [0.1, 0.15) is 40.5 Å². The fourth-order valence-electron chi connectivity index (χ4n) is 1.70. The third-order valence-electron chi connectivity index (χ3n) is 2.83. The number of epoxide rings is 1. The lowest BCUT2D eigenvalue weighted by molar-refractivity contribution is -0.137. The molecule has 0 aliphatic carbocycles. The lowest BCUT2D eigenvalue weighted by Gasteiger charge is -2.02. The minimum atomic E-state index is -0.297. The molecule has 1 heterocycles. The van der Waals surface area contributed by atoms with Gasteiger partial charge < -0.3 is 9.47 Å². The van der Waals surface area contributed by atoms with Gasteiger partial charge in [0, 0.05) is 6.08 Å². The number of ether oxygens (including phenoxy) is 2. The number of hydrogen-bond acceptors (Lipinski definition) is 3. The second kappa shape index (κ2) is 6.01. The summed E-state index contributed by atoms with van der Waals surface area (Å²) in [6.45, 7) is 8.46. The Morgan fingerprint density at radius 1 is 1.47 bits per heavy atom. The fraction of sp³-hybridized carbons (Fsp3) is 0.643. The van der Waals surface area contributed by atoms with Crippen molar-refractivity contribution in [1.82, 2.24) is 0 Å². The number of hydrogen-bond donors (Lipinski definition) is 0. The molecule has 1 aliphatic heterocycles. The molecular weight excluding hydrogens is 216 g/mol. The second-order valence-electron chi connectivity index (χ2n) is 4.78. The predicted molar refractivity (Wildman–Crippen MR) is 67.7 cm³/mol. The molecule has 3 heteroatoms. The summed E-state index contributed by atoms with van der Waals surface area (Å²) in [6, 6.07) is 0. The van der Waals surface area contributed by atoms with E-state index in [0.29, 0.717) is 6.61 Å². The number of allylic oxidation sites excluding steroid dienone is 2. The number of esters is 1. The van der Waals surface area contributed by atoms with Gasteiger partial charge in [0.2, 0.25) is 0 Å². The van der Waals surface area contributed by atoms with Crippen LogP contribution in [0.2, 0.25) is 0 Å². The molecule has 0 unspecified atom stereocenters. The van der Waals surface area contributed by atoms with Crippen molar-refractivity contribution in [3.8, 4) is 0 Å². The minimum absolute atomic E-state index is 0.0532. The summed E-state index contributed by atoms with van der Waals surface area (Å²) >= 11 is 0. The van der Waals surface area contributed by atoms with Crippen LogP contribution < -0.4 is 0 Å². The molecule has 17 heavy (non-hydrogen) atoms. The standard InChI is InChI=1S/C14H22O3/c1-5-16-13(15)9-8-12-14(4,17-12)10-6-7-11(2)3/h7-9,12H,5-6,10H2,1-4H3/b9-8+/t12-,14-/m1/s1. The molecule has 0 radical (unpaired) electrons. The van der Waals surface area contributed by atoms with Gasteiger partial charge in [-0.1, -0.05) is 11.6 Å². The summed E-state index contributed by atoms with van der Waals surface area (Å²) in [4.78, 5) is 11.1. The van der Waals surface area contributed by atoms with E-state index in [1.54, 1.807) is 13.0 Å². The molecule has 1 fully saturated rings. The van der Waals surface area contributed by atoms with E-state index in [9.17, 15) is 4.79 Å². The van der Waals surface area contributed by atoms with E-state index in [4.69, 9.17) is 9.47 Å². The van der Waals surface area contributed by atoms with E-state index in [2.05, 4.69) is 26.8 Å². The van der Waals surface area contributed by atoms with Crippen LogP contribution in [0.4, 0.5) is 0 Å². The normalized spacial score (nSPS) is 26.9. The second-order valence-corrected chi connectivity index (χ2v) is 4.78. The maximum Gasteiger partial charge on any atom is 0.330 e. The number of rotatable bonds is 6. The molecule has 0 amide bonds. The Balaban J connectivity index is 2.31. The molecule has 0 aromatic rings. The van der Waals surface area contributed by atoms with E-state index in [1.807, 2.05) is 0 Å². The molecule has 1 rings (SSSR count). The summed E-state index contributed by atoms with van der Waals surface area (Å²) in [5.41, 5.74) is 1.22. The first-order chi connectivity index (χ1) is 7.98. The van der Waals surface area contributed by atoms with Gasteiger partial charge in [-0.05, 0) is 46.6 Å². The van der Waals surface area contributed by atoms with Gasteiger partial charge in [-0.25, -0.2) is 4.79 Å². The van der Waals surface area contributed by atoms with E-state index in [1.165, 1.54) is 11.6 Å². The number of carbonyl (C=O) groups excluding carboxylic acids is 1. The van der Waals surface area contributed by atoms with Crippen LogP contribution in [0.5, 0.6) is 0 Å². The van der Waals surface area contributed by atoms with Crippen LogP contribution in [0, 0.1) is 0 Å². The molecule has 0 aromatic heterocycles. The van der Waals surface area contributed by atoms with Gasteiger partial charge in [-0.15, -0.1) is 0 Å². The maximum absolute atomic E-state index is 11.1. The maximum atomic E-state index is 11.1. The SMILES string of the molecule is CCOC(=O)/C=C/[C@H]1O[C@]1(C)CCC=C(C)C. The van der Waals surface area contributed by atoms with Crippen molar-refractivity contribution < 1.29 is 14.3 Å². The van der Waals surface area contributed by atoms with Crippen LogP contribution in [0.15, 0.2) is 23.8 Å². The summed E-state index contributed by atoms with van der Waals surface area (Å²) < 4.78 is 10.4. The molecule has 0 aromatic carbocycles. The van der Waals surface area contributed by atoms with E-state index in [-0.39, 0.29) is 17.7 Å². The lowest BCUT2D eigenvalue weighted by Crippen LogP contribution is -2.08. The third kappa shape index (κ3) is 4.73. The van der Waals surface area contributed by atoms with Crippen LogP contribution in [-0.2, 0) is 14.3 Å². The molecule has 3 nitrogen and oxygen atoms in total. The molecule has 0 bridgehead atoms. The Morgan fingerprint density at radius 2 is 2.18 bits per heavy atom. The van der Waals surface area contributed by atoms with Crippen LogP contribution in [-0.4, -0.2) is 24.3 Å². The Morgan fingerprint density at radius 3 is 2.76 bits per heavy atom. The Labute approximate surface area is 103 Å². The third-order valence-corrected chi connectivity index (χ3v) is 2.83. The Hall–Kier alpha value is -1.09. The zero-order chi connectivity index (χ0) is 12.9. The Bertz CT molecular complexity index is 326.